The summed E-state index contributed by atoms with van der Waals surface area (Å²) in [6.45, 7) is 0.264. The van der Waals surface area contributed by atoms with Crippen molar-refractivity contribution in [2.24, 2.45) is 0 Å². The predicted molar refractivity (Wildman–Crippen MR) is 95.9 cm³/mol. The molecule has 2 amide bonds. The number of hydrogen-bond donors (Lipinski definition) is 2. The molecule has 1 aromatic carbocycles. The minimum Gasteiger partial charge on any atom is -0.494 e. The largest absolute Gasteiger partial charge is 0.494 e. The highest BCUT2D eigenvalue weighted by Crippen LogP contribution is 2.25. The van der Waals surface area contributed by atoms with Crippen LogP contribution in [0.15, 0.2) is 36.5 Å². The molecule has 2 N–H and O–H groups in total. The molecule has 1 aliphatic rings. The summed E-state index contributed by atoms with van der Waals surface area (Å²) in [6.07, 6.45) is 6.28. The van der Waals surface area contributed by atoms with Crippen LogP contribution in [0.25, 0.3) is 0 Å². The molecule has 1 fully saturated rings. The van der Waals surface area contributed by atoms with Crippen molar-refractivity contribution in [1.29, 1.82) is 0 Å². The van der Waals surface area contributed by atoms with E-state index in [1.807, 2.05) is 6.07 Å². The molecular weight excluding hydrogens is 337 g/mol. The highest BCUT2D eigenvalue weighted by Gasteiger charge is 2.18. The minimum atomic E-state index is -0.537. The first-order valence-corrected chi connectivity index (χ1v) is 8.64. The molecule has 0 radical (unpaired) electrons. The van der Waals surface area contributed by atoms with E-state index in [1.54, 1.807) is 18.3 Å². The summed E-state index contributed by atoms with van der Waals surface area (Å²) in [5, 5.41) is 5.33. The highest BCUT2D eigenvalue weighted by atomic mass is 19.1. The number of methoxy groups -OCH3 is 1. The second kappa shape index (κ2) is 8.51. The molecule has 3 rings (SSSR count). The third-order valence-corrected chi connectivity index (χ3v) is 4.28. The third-order valence-electron chi connectivity index (χ3n) is 4.28. The van der Waals surface area contributed by atoms with Crippen molar-refractivity contribution < 1.29 is 18.7 Å². The van der Waals surface area contributed by atoms with Crippen molar-refractivity contribution in [2.75, 3.05) is 12.4 Å². The quantitative estimate of drug-likeness (QED) is 0.821. The van der Waals surface area contributed by atoms with Gasteiger partial charge in [-0.1, -0.05) is 6.07 Å². The molecule has 0 saturated heterocycles. The van der Waals surface area contributed by atoms with Gasteiger partial charge in [0.15, 0.2) is 11.6 Å². The van der Waals surface area contributed by atoms with Crippen LogP contribution < -0.4 is 20.1 Å². The zero-order valence-electron chi connectivity index (χ0n) is 14.6. The molecule has 1 saturated carbocycles. The van der Waals surface area contributed by atoms with E-state index in [0.29, 0.717) is 11.6 Å². The Morgan fingerprint density at radius 2 is 2.12 bits per heavy atom. The molecule has 1 aliphatic carbocycles. The van der Waals surface area contributed by atoms with E-state index in [9.17, 15) is 9.18 Å². The van der Waals surface area contributed by atoms with E-state index in [4.69, 9.17) is 9.47 Å². The van der Waals surface area contributed by atoms with Gasteiger partial charge in [0.2, 0.25) is 5.88 Å². The zero-order valence-corrected chi connectivity index (χ0v) is 14.6. The van der Waals surface area contributed by atoms with E-state index in [2.05, 4.69) is 15.6 Å². The number of aromatic nitrogens is 1. The summed E-state index contributed by atoms with van der Waals surface area (Å²) in [5.74, 6) is 0.139. The number of urea groups is 1. The van der Waals surface area contributed by atoms with Gasteiger partial charge >= 0.3 is 6.03 Å². The number of carbonyl (C=O) groups excluding carboxylic acids is 1. The summed E-state index contributed by atoms with van der Waals surface area (Å²) in [5.41, 5.74) is 1.14. The van der Waals surface area contributed by atoms with Crippen molar-refractivity contribution in [3.05, 3.63) is 47.9 Å². The van der Waals surface area contributed by atoms with Crippen LogP contribution >= 0.6 is 0 Å². The van der Waals surface area contributed by atoms with Crippen LogP contribution in [-0.4, -0.2) is 24.2 Å². The molecular formula is C19H22FN3O3. The molecule has 26 heavy (non-hydrogen) atoms. The van der Waals surface area contributed by atoms with Crippen molar-refractivity contribution in [3.63, 3.8) is 0 Å². The molecule has 1 aromatic heterocycles. The summed E-state index contributed by atoms with van der Waals surface area (Å²) in [4.78, 5) is 16.3. The summed E-state index contributed by atoms with van der Waals surface area (Å²) >= 11 is 0. The van der Waals surface area contributed by atoms with Gasteiger partial charge in [-0.2, -0.15) is 0 Å². The number of nitrogens with zero attached hydrogens (tertiary/aromatic N) is 1. The van der Waals surface area contributed by atoms with Gasteiger partial charge in [-0.3, -0.25) is 0 Å². The van der Waals surface area contributed by atoms with Gasteiger partial charge < -0.3 is 20.1 Å². The van der Waals surface area contributed by atoms with Crippen LogP contribution in [-0.2, 0) is 6.54 Å². The van der Waals surface area contributed by atoms with Crippen LogP contribution in [0, 0.1) is 5.82 Å². The van der Waals surface area contributed by atoms with E-state index < -0.39 is 11.8 Å². The number of ether oxygens (including phenoxy) is 2. The molecule has 0 bridgehead atoms. The number of anilines is 1. The number of rotatable bonds is 6. The lowest BCUT2D eigenvalue weighted by Crippen LogP contribution is -2.28. The number of hydrogen-bond acceptors (Lipinski definition) is 4. The Morgan fingerprint density at radius 3 is 2.85 bits per heavy atom. The lowest BCUT2D eigenvalue weighted by Gasteiger charge is -2.15. The predicted octanol–water partition coefficient (Wildman–Crippen LogP) is 3.87. The van der Waals surface area contributed by atoms with Crippen LogP contribution in [0.1, 0.15) is 31.2 Å². The number of amides is 2. The Kier molecular flexibility index (Phi) is 5.88. The Morgan fingerprint density at radius 1 is 1.31 bits per heavy atom. The molecule has 2 aromatic rings. The second-order valence-corrected chi connectivity index (χ2v) is 6.15. The number of nitrogens with one attached hydrogen (secondary N) is 2. The van der Waals surface area contributed by atoms with Crippen molar-refractivity contribution in [2.45, 2.75) is 38.3 Å². The topological polar surface area (TPSA) is 72.5 Å². The van der Waals surface area contributed by atoms with E-state index in [-0.39, 0.29) is 18.4 Å². The summed E-state index contributed by atoms with van der Waals surface area (Å²) < 4.78 is 24.5. The first-order valence-electron chi connectivity index (χ1n) is 8.64. The Bertz CT molecular complexity index is 763. The Balaban J connectivity index is 1.56. The van der Waals surface area contributed by atoms with Gasteiger partial charge in [-0.05, 0) is 43.9 Å². The van der Waals surface area contributed by atoms with Gasteiger partial charge in [0.25, 0.3) is 0 Å². The maximum Gasteiger partial charge on any atom is 0.319 e. The van der Waals surface area contributed by atoms with Gasteiger partial charge in [0.05, 0.1) is 7.11 Å². The molecule has 1 heterocycles. The number of carbonyl (C=O) groups is 1. The van der Waals surface area contributed by atoms with Gasteiger partial charge in [0, 0.05) is 30.1 Å². The maximum atomic E-state index is 13.7. The van der Waals surface area contributed by atoms with Crippen LogP contribution in [0.2, 0.25) is 0 Å². The molecule has 0 unspecified atom stereocenters. The first-order chi connectivity index (χ1) is 12.7. The highest BCUT2D eigenvalue weighted by molar-refractivity contribution is 5.89. The lowest BCUT2D eigenvalue weighted by molar-refractivity contribution is 0.199. The van der Waals surface area contributed by atoms with Crippen molar-refractivity contribution in [1.82, 2.24) is 10.3 Å². The number of pyridine rings is 1. The molecule has 0 aliphatic heterocycles. The SMILES string of the molecule is COc1ccc(NC(=O)NCc2cccnc2OC2CCCC2)cc1F. The smallest absolute Gasteiger partial charge is 0.319 e. The fourth-order valence-corrected chi connectivity index (χ4v) is 2.92. The maximum absolute atomic E-state index is 13.7. The van der Waals surface area contributed by atoms with Gasteiger partial charge in [-0.25, -0.2) is 14.2 Å². The molecule has 138 valence electrons. The van der Waals surface area contributed by atoms with E-state index >= 15 is 0 Å². The van der Waals surface area contributed by atoms with Gasteiger partial charge in [0.1, 0.15) is 6.10 Å². The van der Waals surface area contributed by atoms with E-state index in [1.165, 1.54) is 32.1 Å². The van der Waals surface area contributed by atoms with E-state index in [0.717, 1.165) is 18.4 Å². The zero-order chi connectivity index (χ0) is 18.4. The summed E-state index contributed by atoms with van der Waals surface area (Å²) in [7, 11) is 1.39. The fourth-order valence-electron chi connectivity index (χ4n) is 2.92. The summed E-state index contributed by atoms with van der Waals surface area (Å²) in [6, 6.07) is 7.46. The number of halogens is 1. The minimum absolute atomic E-state index is 0.125. The lowest BCUT2D eigenvalue weighted by atomic mass is 10.2. The van der Waals surface area contributed by atoms with Crippen LogP contribution in [0.5, 0.6) is 11.6 Å². The van der Waals surface area contributed by atoms with Crippen LogP contribution in [0.3, 0.4) is 0 Å². The monoisotopic (exact) mass is 359 g/mol. The average molecular weight is 359 g/mol. The molecule has 7 heteroatoms. The number of benzene rings is 1. The Labute approximate surface area is 151 Å². The van der Waals surface area contributed by atoms with Crippen molar-refractivity contribution >= 4 is 11.7 Å². The van der Waals surface area contributed by atoms with Crippen LogP contribution in [0.4, 0.5) is 14.9 Å². The third kappa shape index (κ3) is 4.62. The van der Waals surface area contributed by atoms with Gasteiger partial charge in [-0.15, -0.1) is 0 Å². The van der Waals surface area contributed by atoms with Crippen molar-refractivity contribution in [3.8, 4) is 11.6 Å². The fraction of sp³-hybridized carbons (Fsp3) is 0.368. The second-order valence-electron chi connectivity index (χ2n) is 6.15. The molecule has 6 nitrogen and oxygen atoms in total. The molecule has 0 atom stereocenters. The standard InChI is InChI=1S/C19H22FN3O3/c1-25-17-9-8-14(11-16(17)20)23-19(24)22-12-13-5-4-10-21-18(13)26-15-6-2-3-7-15/h4-5,8-11,15H,2-3,6-7,12H2,1H3,(H2,22,23,24). The normalized spacial score (nSPS) is 14.1. The average Bonchev–Trinajstić information content (AvgIpc) is 3.14. The molecule has 0 spiro atoms. The Hall–Kier alpha value is -2.83. The first kappa shape index (κ1) is 18.0.